The van der Waals surface area contributed by atoms with Crippen LogP contribution in [0, 0.1) is 0 Å². The maximum absolute atomic E-state index is 13.0. The fourth-order valence-electron chi connectivity index (χ4n) is 3.26. The van der Waals surface area contributed by atoms with E-state index in [1.165, 1.54) is 0 Å². The van der Waals surface area contributed by atoms with Crippen LogP contribution in [-0.4, -0.2) is 32.3 Å². The first kappa shape index (κ1) is 15.8. The Hall–Kier alpha value is -2.66. The van der Waals surface area contributed by atoms with Gasteiger partial charge in [-0.1, -0.05) is 29.8 Å². The summed E-state index contributed by atoms with van der Waals surface area (Å²) in [4.78, 5) is 27.0. The number of hydrogen-bond acceptors (Lipinski definition) is 3. The molecule has 0 radical (unpaired) electrons. The molecular formula is C19H17ClN4O. The van der Waals surface area contributed by atoms with Crippen molar-refractivity contribution in [2.75, 3.05) is 6.54 Å². The Kier molecular flexibility index (Phi) is 4.24. The number of benzene rings is 1. The van der Waals surface area contributed by atoms with Crippen molar-refractivity contribution in [2.45, 2.75) is 18.9 Å². The standard InChI is InChI=1S/C19H17ClN4O/c20-14-6-4-13(5-7-14)11-17(25)24-10-8-15-18(23-12-22-15)19(24)16-3-1-2-9-21-16/h1-7,9,12,19H,8,10-11H2,(H,22,23). The molecule has 0 fully saturated rings. The molecule has 6 heteroatoms. The van der Waals surface area contributed by atoms with Crippen LogP contribution in [-0.2, 0) is 17.6 Å². The van der Waals surface area contributed by atoms with E-state index in [4.69, 9.17) is 11.6 Å². The van der Waals surface area contributed by atoms with Crippen LogP contribution in [0.2, 0.25) is 5.02 Å². The van der Waals surface area contributed by atoms with E-state index in [-0.39, 0.29) is 11.9 Å². The molecular weight excluding hydrogens is 336 g/mol. The number of rotatable bonds is 3. The molecule has 126 valence electrons. The molecule has 1 aliphatic heterocycles. The number of aromatic nitrogens is 3. The summed E-state index contributed by atoms with van der Waals surface area (Å²) in [6.07, 6.45) is 4.54. The average Bonchev–Trinajstić information content (AvgIpc) is 3.12. The van der Waals surface area contributed by atoms with Gasteiger partial charge in [-0.3, -0.25) is 9.78 Å². The lowest BCUT2D eigenvalue weighted by Crippen LogP contribution is -2.41. The highest BCUT2D eigenvalue weighted by molar-refractivity contribution is 6.30. The van der Waals surface area contributed by atoms with Gasteiger partial charge in [-0.2, -0.15) is 0 Å². The van der Waals surface area contributed by atoms with Gasteiger partial charge in [-0.25, -0.2) is 4.98 Å². The number of carbonyl (C=O) groups excluding carboxylic acids is 1. The van der Waals surface area contributed by atoms with E-state index >= 15 is 0 Å². The zero-order valence-electron chi connectivity index (χ0n) is 13.5. The van der Waals surface area contributed by atoms with E-state index in [2.05, 4.69) is 15.0 Å². The number of H-pyrrole nitrogens is 1. The van der Waals surface area contributed by atoms with Crippen LogP contribution in [0.25, 0.3) is 0 Å². The molecule has 1 amide bonds. The number of imidazole rings is 1. The van der Waals surface area contributed by atoms with Crippen molar-refractivity contribution >= 4 is 17.5 Å². The largest absolute Gasteiger partial charge is 0.348 e. The molecule has 3 heterocycles. The minimum Gasteiger partial charge on any atom is -0.348 e. The molecule has 1 aliphatic rings. The number of hydrogen-bond donors (Lipinski definition) is 1. The molecule has 3 aromatic rings. The number of nitrogens with one attached hydrogen (secondary N) is 1. The topological polar surface area (TPSA) is 61.9 Å². The highest BCUT2D eigenvalue weighted by atomic mass is 35.5. The fraction of sp³-hybridized carbons (Fsp3) is 0.211. The Balaban J connectivity index is 1.65. The van der Waals surface area contributed by atoms with Crippen LogP contribution in [0.3, 0.4) is 0 Å². The monoisotopic (exact) mass is 352 g/mol. The lowest BCUT2D eigenvalue weighted by Gasteiger charge is -2.34. The molecule has 0 bridgehead atoms. The predicted molar refractivity (Wildman–Crippen MR) is 95.2 cm³/mol. The molecule has 1 aromatic carbocycles. The van der Waals surface area contributed by atoms with Gasteiger partial charge < -0.3 is 9.88 Å². The van der Waals surface area contributed by atoms with Crippen molar-refractivity contribution in [3.63, 3.8) is 0 Å². The SMILES string of the molecule is O=C(Cc1ccc(Cl)cc1)N1CCc2[nH]cnc2C1c1ccccn1. The van der Waals surface area contributed by atoms with E-state index in [0.717, 1.165) is 29.1 Å². The van der Waals surface area contributed by atoms with E-state index in [1.54, 1.807) is 12.5 Å². The Bertz CT molecular complexity index is 876. The third-order valence-electron chi connectivity index (χ3n) is 4.48. The molecule has 0 spiro atoms. The Morgan fingerprint density at radius 2 is 2.04 bits per heavy atom. The van der Waals surface area contributed by atoms with Crippen molar-refractivity contribution in [1.29, 1.82) is 0 Å². The zero-order valence-corrected chi connectivity index (χ0v) is 14.3. The van der Waals surface area contributed by atoms with Crippen LogP contribution >= 0.6 is 11.6 Å². The van der Waals surface area contributed by atoms with Gasteiger partial charge >= 0.3 is 0 Å². The van der Waals surface area contributed by atoms with Crippen LogP contribution in [0.1, 0.15) is 28.7 Å². The van der Waals surface area contributed by atoms with Gasteiger partial charge in [-0.05, 0) is 29.8 Å². The Labute approximate surface area is 150 Å². The van der Waals surface area contributed by atoms with Crippen molar-refractivity contribution in [3.8, 4) is 0 Å². The van der Waals surface area contributed by atoms with Crippen molar-refractivity contribution in [3.05, 3.63) is 82.7 Å². The lowest BCUT2D eigenvalue weighted by atomic mass is 9.98. The first-order valence-corrected chi connectivity index (χ1v) is 8.57. The van der Waals surface area contributed by atoms with Gasteiger partial charge in [0.05, 0.1) is 24.1 Å². The number of aromatic amines is 1. The number of pyridine rings is 1. The first-order chi connectivity index (χ1) is 12.2. The quantitative estimate of drug-likeness (QED) is 0.787. The average molecular weight is 353 g/mol. The minimum atomic E-state index is -0.254. The van der Waals surface area contributed by atoms with Gasteiger partial charge in [-0.15, -0.1) is 0 Å². The summed E-state index contributed by atoms with van der Waals surface area (Å²) in [7, 11) is 0. The van der Waals surface area contributed by atoms with Crippen LogP contribution in [0.4, 0.5) is 0 Å². The number of halogens is 1. The van der Waals surface area contributed by atoms with Gasteiger partial charge in [0.15, 0.2) is 0 Å². The molecule has 1 N–H and O–H groups in total. The molecule has 5 nitrogen and oxygen atoms in total. The summed E-state index contributed by atoms with van der Waals surface area (Å²) in [5.41, 5.74) is 3.74. The minimum absolute atomic E-state index is 0.0617. The number of carbonyl (C=O) groups is 1. The third kappa shape index (κ3) is 3.15. The molecule has 25 heavy (non-hydrogen) atoms. The highest BCUT2D eigenvalue weighted by Gasteiger charge is 2.34. The number of amides is 1. The summed E-state index contributed by atoms with van der Waals surface area (Å²) in [5.74, 6) is 0.0617. The van der Waals surface area contributed by atoms with E-state index in [0.29, 0.717) is 18.0 Å². The number of fused-ring (bicyclic) bond motifs is 1. The second-order valence-corrected chi connectivity index (χ2v) is 6.50. The highest BCUT2D eigenvalue weighted by Crippen LogP contribution is 2.32. The summed E-state index contributed by atoms with van der Waals surface area (Å²) < 4.78 is 0. The second kappa shape index (κ2) is 6.69. The summed E-state index contributed by atoms with van der Waals surface area (Å²) in [6, 6.07) is 12.9. The molecule has 1 unspecified atom stereocenters. The lowest BCUT2D eigenvalue weighted by molar-refractivity contribution is -0.132. The normalized spacial score (nSPS) is 16.5. The molecule has 0 aliphatic carbocycles. The molecule has 1 atom stereocenters. The predicted octanol–water partition coefficient (Wildman–Crippen LogP) is 3.17. The van der Waals surface area contributed by atoms with Crippen molar-refractivity contribution in [2.24, 2.45) is 0 Å². The van der Waals surface area contributed by atoms with Gasteiger partial charge in [0, 0.05) is 29.9 Å². The summed E-state index contributed by atoms with van der Waals surface area (Å²) in [6.45, 7) is 0.642. The maximum Gasteiger partial charge on any atom is 0.227 e. The van der Waals surface area contributed by atoms with Crippen LogP contribution in [0.5, 0.6) is 0 Å². The van der Waals surface area contributed by atoms with Crippen molar-refractivity contribution in [1.82, 2.24) is 19.9 Å². The first-order valence-electron chi connectivity index (χ1n) is 8.19. The van der Waals surface area contributed by atoms with Gasteiger partial charge in [0.1, 0.15) is 6.04 Å². The Morgan fingerprint density at radius 1 is 1.20 bits per heavy atom. The summed E-state index contributed by atoms with van der Waals surface area (Å²) in [5, 5.41) is 0.668. The maximum atomic E-state index is 13.0. The molecule has 2 aromatic heterocycles. The second-order valence-electron chi connectivity index (χ2n) is 6.06. The molecule has 0 saturated carbocycles. The van der Waals surface area contributed by atoms with Crippen molar-refractivity contribution < 1.29 is 4.79 Å². The smallest absolute Gasteiger partial charge is 0.227 e. The third-order valence-corrected chi connectivity index (χ3v) is 4.73. The molecule has 0 saturated heterocycles. The number of nitrogens with zero attached hydrogens (tertiary/aromatic N) is 3. The molecule has 4 rings (SSSR count). The van der Waals surface area contributed by atoms with E-state index in [9.17, 15) is 4.79 Å². The zero-order chi connectivity index (χ0) is 17.2. The Morgan fingerprint density at radius 3 is 2.80 bits per heavy atom. The van der Waals surface area contributed by atoms with Crippen LogP contribution in [0.15, 0.2) is 55.0 Å². The van der Waals surface area contributed by atoms with E-state index < -0.39 is 0 Å². The van der Waals surface area contributed by atoms with Gasteiger partial charge in [0.25, 0.3) is 0 Å². The summed E-state index contributed by atoms with van der Waals surface area (Å²) >= 11 is 5.93. The fourth-order valence-corrected chi connectivity index (χ4v) is 3.39. The van der Waals surface area contributed by atoms with Crippen LogP contribution < -0.4 is 0 Å². The van der Waals surface area contributed by atoms with Gasteiger partial charge in [0.2, 0.25) is 5.91 Å². The van der Waals surface area contributed by atoms with E-state index in [1.807, 2.05) is 47.4 Å².